The number of furan rings is 1. The summed E-state index contributed by atoms with van der Waals surface area (Å²) in [6, 6.07) is 12.0. The van der Waals surface area contributed by atoms with Gasteiger partial charge in [-0.25, -0.2) is 0 Å². The van der Waals surface area contributed by atoms with E-state index in [0.29, 0.717) is 15.0 Å². The van der Waals surface area contributed by atoms with E-state index in [0.717, 1.165) is 9.99 Å². The van der Waals surface area contributed by atoms with E-state index >= 15 is 0 Å². The molecule has 6 heteroatoms. The highest BCUT2D eigenvalue weighted by Crippen LogP contribution is 2.31. The summed E-state index contributed by atoms with van der Waals surface area (Å²) in [6.45, 7) is 2.06. The van der Waals surface area contributed by atoms with Crippen molar-refractivity contribution in [3.8, 4) is 0 Å². The fraction of sp³-hybridized carbons (Fsp3) is 0.0667. The number of hydrogen-bond donors (Lipinski definition) is 1. The first-order chi connectivity index (χ1) is 10.1. The number of carbonyl (C=O) groups excluding carboxylic acids is 1. The van der Waals surface area contributed by atoms with E-state index in [4.69, 9.17) is 16.6 Å². The van der Waals surface area contributed by atoms with Gasteiger partial charge in [0.15, 0.2) is 5.09 Å². The van der Waals surface area contributed by atoms with Gasteiger partial charge in [-0.1, -0.05) is 53.4 Å². The maximum atomic E-state index is 11.6. The summed E-state index contributed by atoms with van der Waals surface area (Å²) >= 11 is 7.74. The van der Waals surface area contributed by atoms with Crippen LogP contribution < -0.4 is 5.32 Å². The quantitative estimate of drug-likeness (QED) is 0.672. The first-order valence-electron chi connectivity index (χ1n) is 6.19. The molecule has 0 radical (unpaired) electrons. The smallest absolute Gasteiger partial charge is 0.263 e. The van der Waals surface area contributed by atoms with E-state index in [2.05, 4.69) is 36.5 Å². The van der Waals surface area contributed by atoms with Gasteiger partial charge < -0.3 is 9.73 Å². The predicted molar refractivity (Wildman–Crippen MR) is 90.3 cm³/mol. The van der Waals surface area contributed by atoms with Crippen LogP contribution in [0.25, 0.3) is 6.08 Å². The number of aryl methyl sites for hydroxylation is 1. The molecule has 1 N–H and O–H groups in total. The zero-order valence-electron chi connectivity index (χ0n) is 11.1. The molecule has 0 aliphatic carbocycles. The zero-order chi connectivity index (χ0) is 14.8. The van der Waals surface area contributed by atoms with Crippen molar-refractivity contribution in [2.24, 2.45) is 0 Å². The maximum Gasteiger partial charge on any atom is 0.263 e. The lowest BCUT2D eigenvalue weighted by atomic mass is 10.2. The number of benzene rings is 1. The van der Waals surface area contributed by atoms with E-state index in [-0.39, 0.29) is 5.91 Å². The minimum absolute atomic E-state index is 0.172. The Kier molecular flexibility index (Phi) is 4.19. The fourth-order valence-electron chi connectivity index (χ4n) is 1.74. The first kappa shape index (κ1) is 14.4. The van der Waals surface area contributed by atoms with Gasteiger partial charge in [0.2, 0.25) is 0 Å². The molecule has 106 valence electrons. The second-order valence-corrected chi connectivity index (χ2v) is 7.22. The summed E-state index contributed by atoms with van der Waals surface area (Å²) < 4.78 is 6.19. The van der Waals surface area contributed by atoms with E-state index in [1.54, 1.807) is 17.8 Å². The van der Waals surface area contributed by atoms with Crippen molar-refractivity contribution in [2.45, 2.75) is 16.9 Å². The Balaban J connectivity index is 1.74. The molecule has 1 amide bonds. The lowest BCUT2D eigenvalue weighted by molar-refractivity contribution is -0.115. The normalized spacial score (nSPS) is 16.5. The highest BCUT2D eigenvalue weighted by molar-refractivity contribution is 8.26. The lowest BCUT2D eigenvalue weighted by Gasteiger charge is -1.98. The van der Waals surface area contributed by atoms with Crippen molar-refractivity contribution in [2.75, 3.05) is 0 Å². The predicted octanol–water partition coefficient (Wildman–Crippen LogP) is 4.23. The third-order valence-corrected chi connectivity index (χ3v) is 4.85. The van der Waals surface area contributed by atoms with E-state index in [1.807, 2.05) is 12.1 Å². The molecule has 2 heterocycles. The van der Waals surface area contributed by atoms with Gasteiger partial charge >= 0.3 is 0 Å². The SMILES string of the molecule is Cc1ccc(Sc2ccc(/C=C3\SC(=S)NC3=O)o2)cc1. The van der Waals surface area contributed by atoms with E-state index in [9.17, 15) is 4.79 Å². The van der Waals surface area contributed by atoms with Gasteiger partial charge in [-0.2, -0.15) is 0 Å². The Labute approximate surface area is 136 Å². The van der Waals surface area contributed by atoms with E-state index in [1.165, 1.54) is 17.3 Å². The van der Waals surface area contributed by atoms with Gasteiger partial charge in [0.25, 0.3) is 5.91 Å². The topological polar surface area (TPSA) is 42.2 Å². The second-order valence-electron chi connectivity index (χ2n) is 4.42. The second kappa shape index (κ2) is 6.09. The van der Waals surface area contributed by atoms with Crippen LogP contribution in [0.4, 0.5) is 0 Å². The standard InChI is InChI=1S/C15H11NO2S3/c1-9-2-5-11(6-3-9)20-13-7-4-10(18-13)8-12-14(17)16-15(19)21-12/h2-8H,1H3,(H,16,17,19)/b12-8-. The summed E-state index contributed by atoms with van der Waals surface area (Å²) in [4.78, 5) is 13.3. The van der Waals surface area contributed by atoms with Crippen molar-refractivity contribution in [1.82, 2.24) is 5.32 Å². The van der Waals surface area contributed by atoms with Crippen LogP contribution in [0.1, 0.15) is 11.3 Å². The molecule has 0 atom stereocenters. The van der Waals surface area contributed by atoms with Gasteiger partial charge in [-0.15, -0.1) is 0 Å². The Bertz CT molecular complexity index is 732. The minimum atomic E-state index is -0.172. The highest BCUT2D eigenvalue weighted by atomic mass is 32.2. The lowest BCUT2D eigenvalue weighted by Crippen LogP contribution is -2.17. The van der Waals surface area contributed by atoms with Crippen LogP contribution in [0.2, 0.25) is 0 Å². The number of hydrogen-bond acceptors (Lipinski definition) is 5. The van der Waals surface area contributed by atoms with Crippen LogP contribution in [0.5, 0.6) is 0 Å². The molecule has 21 heavy (non-hydrogen) atoms. The fourth-order valence-corrected chi connectivity index (χ4v) is 3.54. The molecule has 0 unspecified atom stereocenters. The summed E-state index contributed by atoms with van der Waals surface area (Å²) in [7, 11) is 0. The van der Waals surface area contributed by atoms with Gasteiger partial charge in [0.05, 0.1) is 4.91 Å². The van der Waals surface area contributed by atoms with Crippen LogP contribution in [0, 0.1) is 6.92 Å². The summed E-state index contributed by atoms with van der Waals surface area (Å²) in [6.07, 6.45) is 1.71. The third-order valence-electron chi connectivity index (χ3n) is 2.76. The van der Waals surface area contributed by atoms with Crippen LogP contribution >= 0.6 is 35.7 Å². The summed E-state index contributed by atoms with van der Waals surface area (Å²) in [5.41, 5.74) is 1.23. The average Bonchev–Trinajstić information content (AvgIpc) is 3.00. The molecule has 1 aliphatic heterocycles. The summed E-state index contributed by atoms with van der Waals surface area (Å²) in [5.74, 6) is 0.473. The van der Waals surface area contributed by atoms with Crippen LogP contribution in [-0.4, -0.2) is 10.2 Å². The Morgan fingerprint density at radius 1 is 1.24 bits per heavy atom. The van der Waals surface area contributed by atoms with Crippen molar-refractivity contribution in [1.29, 1.82) is 0 Å². The molecular weight excluding hydrogens is 322 g/mol. The zero-order valence-corrected chi connectivity index (χ0v) is 13.5. The number of thioether (sulfide) groups is 1. The van der Waals surface area contributed by atoms with Gasteiger partial charge in [0, 0.05) is 11.0 Å². The number of amides is 1. The van der Waals surface area contributed by atoms with Crippen molar-refractivity contribution >= 4 is 52.0 Å². The van der Waals surface area contributed by atoms with Gasteiger partial charge in [-0.05, 0) is 31.2 Å². The minimum Gasteiger partial charge on any atom is -0.450 e. The first-order valence-corrected chi connectivity index (χ1v) is 8.23. The summed E-state index contributed by atoms with van der Waals surface area (Å²) in [5, 5.41) is 3.37. The van der Waals surface area contributed by atoms with Crippen molar-refractivity contribution in [3.05, 3.63) is 52.6 Å². The van der Waals surface area contributed by atoms with Gasteiger partial charge in [0.1, 0.15) is 10.1 Å². The Hall–Kier alpha value is -1.50. The van der Waals surface area contributed by atoms with E-state index < -0.39 is 0 Å². The molecule has 1 aromatic carbocycles. The van der Waals surface area contributed by atoms with Crippen molar-refractivity contribution in [3.63, 3.8) is 0 Å². The largest absolute Gasteiger partial charge is 0.450 e. The number of rotatable bonds is 3. The molecule has 1 fully saturated rings. The molecule has 1 aliphatic rings. The average molecular weight is 333 g/mol. The molecule has 2 aromatic rings. The monoisotopic (exact) mass is 333 g/mol. The molecule has 0 bridgehead atoms. The molecule has 0 spiro atoms. The Morgan fingerprint density at radius 3 is 2.67 bits per heavy atom. The molecule has 1 saturated heterocycles. The molecular formula is C15H11NO2S3. The maximum absolute atomic E-state index is 11.6. The van der Waals surface area contributed by atoms with Crippen molar-refractivity contribution < 1.29 is 9.21 Å². The van der Waals surface area contributed by atoms with Crippen LogP contribution in [0.15, 0.2) is 55.7 Å². The molecule has 3 nitrogen and oxygen atoms in total. The number of carbonyl (C=O) groups is 1. The van der Waals surface area contributed by atoms with Gasteiger partial charge in [-0.3, -0.25) is 4.79 Å². The van der Waals surface area contributed by atoms with Crippen LogP contribution in [-0.2, 0) is 4.79 Å². The molecule has 1 aromatic heterocycles. The third kappa shape index (κ3) is 3.58. The number of nitrogens with one attached hydrogen (secondary N) is 1. The number of thiocarbonyl (C=S) groups is 1. The Morgan fingerprint density at radius 2 is 2.00 bits per heavy atom. The molecule has 3 rings (SSSR count). The highest BCUT2D eigenvalue weighted by Gasteiger charge is 2.22. The molecule has 0 saturated carbocycles. The van der Waals surface area contributed by atoms with Crippen LogP contribution in [0.3, 0.4) is 0 Å².